The predicted molar refractivity (Wildman–Crippen MR) is 115 cm³/mol. The number of carbonyl (C=O) groups is 1. The van der Waals surface area contributed by atoms with Gasteiger partial charge < -0.3 is 5.32 Å². The van der Waals surface area contributed by atoms with Crippen LogP contribution in [0.5, 0.6) is 0 Å². The first-order valence-electron chi connectivity index (χ1n) is 9.42. The molecule has 1 N–H and O–H groups in total. The highest BCUT2D eigenvalue weighted by atomic mass is 32.2. The molecule has 6 nitrogen and oxygen atoms in total. The van der Waals surface area contributed by atoms with Crippen LogP contribution in [0.15, 0.2) is 84.1 Å². The fraction of sp³-hybridized carbons (Fsp3) is 0.0909. The number of benzene rings is 2. The summed E-state index contributed by atoms with van der Waals surface area (Å²) < 4.78 is 39.5. The zero-order valence-electron chi connectivity index (χ0n) is 16.5. The van der Waals surface area contributed by atoms with Crippen molar-refractivity contribution in [3.05, 3.63) is 84.7 Å². The number of amides is 1. The second kappa shape index (κ2) is 9.23. The van der Waals surface area contributed by atoms with Crippen molar-refractivity contribution in [3.63, 3.8) is 0 Å². The van der Waals surface area contributed by atoms with Crippen molar-refractivity contribution in [1.82, 2.24) is 20.0 Å². The van der Waals surface area contributed by atoms with Gasteiger partial charge in [0.1, 0.15) is 5.03 Å². The Bertz CT molecular complexity index is 1180. The van der Waals surface area contributed by atoms with Crippen molar-refractivity contribution >= 4 is 23.4 Å². The first kappa shape index (κ1) is 21.6. The van der Waals surface area contributed by atoms with Crippen LogP contribution < -0.4 is 5.32 Å². The lowest BCUT2D eigenvalue weighted by molar-refractivity contribution is -0.137. The summed E-state index contributed by atoms with van der Waals surface area (Å²) in [6, 6.07) is 17.4. The van der Waals surface area contributed by atoms with Crippen LogP contribution in [-0.4, -0.2) is 31.6 Å². The molecule has 0 atom stereocenters. The van der Waals surface area contributed by atoms with E-state index in [1.165, 1.54) is 23.9 Å². The maximum atomic E-state index is 12.6. The zero-order valence-corrected chi connectivity index (χ0v) is 17.3. The van der Waals surface area contributed by atoms with Gasteiger partial charge in [-0.1, -0.05) is 23.9 Å². The number of halogens is 3. The molecule has 32 heavy (non-hydrogen) atoms. The molecule has 0 radical (unpaired) electrons. The highest BCUT2D eigenvalue weighted by molar-refractivity contribution is 7.99. The summed E-state index contributed by atoms with van der Waals surface area (Å²) >= 11 is 1.18. The Morgan fingerprint density at radius 1 is 0.969 bits per heavy atom. The number of rotatable bonds is 6. The molecule has 0 aliphatic carbocycles. The highest BCUT2D eigenvalue weighted by Gasteiger charge is 2.29. The normalized spacial score (nSPS) is 11.3. The van der Waals surface area contributed by atoms with Crippen molar-refractivity contribution in [2.75, 3.05) is 11.1 Å². The molecule has 0 spiro atoms. The van der Waals surface area contributed by atoms with E-state index in [0.29, 0.717) is 16.4 Å². The summed E-state index contributed by atoms with van der Waals surface area (Å²) in [5.41, 5.74) is 2.04. The Hall–Kier alpha value is -3.66. The first-order chi connectivity index (χ1) is 15.4. The van der Waals surface area contributed by atoms with Crippen LogP contribution in [0.2, 0.25) is 0 Å². The minimum Gasteiger partial charge on any atom is -0.325 e. The molecule has 0 aliphatic rings. The zero-order chi connectivity index (χ0) is 22.6. The van der Waals surface area contributed by atoms with Gasteiger partial charge in [-0.25, -0.2) is 4.68 Å². The first-order valence-corrected chi connectivity index (χ1v) is 10.4. The Morgan fingerprint density at radius 3 is 2.31 bits per heavy atom. The lowest BCUT2D eigenvalue weighted by atomic mass is 10.1. The predicted octanol–water partition coefficient (Wildman–Crippen LogP) is 5.08. The molecule has 162 valence electrons. The van der Waals surface area contributed by atoms with Crippen LogP contribution >= 0.6 is 11.8 Å². The number of nitrogens with one attached hydrogen (secondary N) is 1. The molecular weight excluding hydrogens is 439 g/mol. The molecule has 10 heteroatoms. The van der Waals surface area contributed by atoms with E-state index in [2.05, 4.69) is 20.6 Å². The minimum absolute atomic E-state index is 0.0492. The van der Waals surface area contributed by atoms with E-state index < -0.39 is 11.7 Å². The molecule has 2 aromatic carbocycles. The lowest BCUT2D eigenvalue weighted by Crippen LogP contribution is -2.14. The average molecular weight is 455 g/mol. The third-order valence-corrected chi connectivity index (χ3v) is 5.34. The minimum atomic E-state index is -4.41. The van der Waals surface area contributed by atoms with Crippen LogP contribution in [0.3, 0.4) is 0 Å². The molecule has 1 amide bonds. The SMILES string of the molecule is O=C(CSc1ccc(-c2ccc(-n3cccn3)cc2)nn1)Nc1ccc(C(F)(F)F)cc1. The van der Waals surface area contributed by atoms with Gasteiger partial charge in [0, 0.05) is 23.6 Å². The van der Waals surface area contributed by atoms with Gasteiger partial charge >= 0.3 is 6.18 Å². The third kappa shape index (κ3) is 5.33. The number of nitrogens with zero attached hydrogens (tertiary/aromatic N) is 4. The van der Waals surface area contributed by atoms with Gasteiger partial charge in [0.25, 0.3) is 0 Å². The molecular formula is C22H16F3N5OS. The molecule has 0 aliphatic heterocycles. The Morgan fingerprint density at radius 2 is 1.72 bits per heavy atom. The topological polar surface area (TPSA) is 72.7 Å². The number of thioether (sulfide) groups is 1. The number of hydrogen-bond donors (Lipinski definition) is 1. The van der Waals surface area contributed by atoms with Crippen LogP contribution in [0.1, 0.15) is 5.56 Å². The van der Waals surface area contributed by atoms with Gasteiger partial charge in [0.2, 0.25) is 5.91 Å². The lowest BCUT2D eigenvalue weighted by Gasteiger charge is -2.08. The van der Waals surface area contributed by atoms with E-state index >= 15 is 0 Å². The van der Waals surface area contributed by atoms with Crippen LogP contribution in [-0.2, 0) is 11.0 Å². The fourth-order valence-corrected chi connectivity index (χ4v) is 3.45. The van der Waals surface area contributed by atoms with E-state index in [4.69, 9.17) is 0 Å². The summed E-state index contributed by atoms with van der Waals surface area (Å²) in [6.45, 7) is 0. The van der Waals surface area contributed by atoms with Gasteiger partial charge in [-0.05, 0) is 54.6 Å². The van der Waals surface area contributed by atoms with E-state index in [1.54, 1.807) is 16.9 Å². The Balaban J connectivity index is 1.31. The van der Waals surface area contributed by atoms with Gasteiger partial charge in [-0.15, -0.1) is 10.2 Å². The van der Waals surface area contributed by atoms with Crippen molar-refractivity contribution in [3.8, 4) is 16.9 Å². The van der Waals surface area contributed by atoms with E-state index in [-0.39, 0.29) is 11.7 Å². The molecule has 0 saturated carbocycles. The Labute approximate surface area is 185 Å². The van der Waals surface area contributed by atoms with E-state index in [1.807, 2.05) is 42.6 Å². The summed E-state index contributed by atoms with van der Waals surface area (Å²) in [4.78, 5) is 12.1. The number of carbonyl (C=O) groups excluding carboxylic acids is 1. The monoisotopic (exact) mass is 455 g/mol. The number of hydrogen-bond acceptors (Lipinski definition) is 5. The third-order valence-electron chi connectivity index (χ3n) is 4.42. The summed E-state index contributed by atoms with van der Waals surface area (Å²) in [6.07, 6.45) is -0.848. The van der Waals surface area contributed by atoms with Crippen molar-refractivity contribution in [1.29, 1.82) is 0 Å². The van der Waals surface area contributed by atoms with E-state index in [0.717, 1.165) is 23.4 Å². The molecule has 4 rings (SSSR count). The van der Waals surface area contributed by atoms with Crippen molar-refractivity contribution < 1.29 is 18.0 Å². The van der Waals surface area contributed by atoms with Gasteiger partial charge in [0.05, 0.1) is 22.7 Å². The average Bonchev–Trinajstić information content (AvgIpc) is 3.33. The summed E-state index contributed by atoms with van der Waals surface area (Å²) in [5.74, 6) is -0.303. The molecule has 0 unspecified atom stereocenters. The van der Waals surface area contributed by atoms with Crippen molar-refractivity contribution in [2.24, 2.45) is 0 Å². The quantitative estimate of drug-likeness (QED) is 0.411. The number of aromatic nitrogens is 4. The van der Waals surface area contributed by atoms with Crippen LogP contribution in [0, 0.1) is 0 Å². The van der Waals surface area contributed by atoms with Gasteiger partial charge in [-0.2, -0.15) is 18.3 Å². The second-order valence-corrected chi connectivity index (χ2v) is 7.66. The molecule has 0 saturated heterocycles. The Kier molecular flexibility index (Phi) is 6.22. The summed E-state index contributed by atoms with van der Waals surface area (Å²) in [7, 11) is 0. The highest BCUT2D eigenvalue weighted by Crippen LogP contribution is 2.30. The number of anilines is 1. The van der Waals surface area contributed by atoms with Crippen LogP contribution in [0.25, 0.3) is 16.9 Å². The van der Waals surface area contributed by atoms with E-state index in [9.17, 15) is 18.0 Å². The van der Waals surface area contributed by atoms with Gasteiger partial charge in [0.15, 0.2) is 0 Å². The maximum Gasteiger partial charge on any atom is 0.416 e. The molecule has 4 aromatic rings. The standard InChI is InChI=1S/C22H16F3N5OS/c23-22(24,25)16-4-6-17(7-5-16)27-20(31)14-32-21-11-10-19(28-29-21)15-2-8-18(9-3-15)30-13-1-12-26-30/h1-13H,14H2,(H,27,31). The van der Waals surface area contributed by atoms with Crippen molar-refractivity contribution in [2.45, 2.75) is 11.2 Å². The summed E-state index contributed by atoms with van der Waals surface area (Å²) in [5, 5.41) is 15.6. The smallest absolute Gasteiger partial charge is 0.325 e. The molecule has 0 bridgehead atoms. The maximum absolute atomic E-state index is 12.6. The van der Waals surface area contributed by atoms with Gasteiger partial charge in [-0.3, -0.25) is 4.79 Å². The molecule has 2 heterocycles. The second-order valence-electron chi connectivity index (χ2n) is 6.67. The van der Waals surface area contributed by atoms with Crippen LogP contribution in [0.4, 0.5) is 18.9 Å². The molecule has 0 fully saturated rings. The largest absolute Gasteiger partial charge is 0.416 e. The molecule has 2 aromatic heterocycles. The number of alkyl halides is 3. The fourth-order valence-electron chi connectivity index (χ4n) is 2.84.